The zero-order valence-electron chi connectivity index (χ0n) is 15.4. The maximum Gasteiger partial charge on any atom is 0.119 e. The van der Waals surface area contributed by atoms with Crippen molar-refractivity contribution in [2.24, 2.45) is 0 Å². The maximum atomic E-state index is 5.34. The molecule has 0 saturated heterocycles. The fourth-order valence-electron chi connectivity index (χ4n) is 3.62. The highest BCUT2D eigenvalue weighted by molar-refractivity contribution is 5.93. The van der Waals surface area contributed by atoms with E-state index < -0.39 is 0 Å². The van der Waals surface area contributed by atoms with Gasteiger partial charge in [-0.2, -0.15) is 0 Å². The number of pyridine rings is 1. The molecule has 1 atom stereocenters. The van der Waals surface area contributed by atoms with Crippen molar-refractivity contribution in [1.29, 1.82) is 0 Å². The molecule has 1 aliphatic rings. The summed E-state index contributed by atoms with van der Waals surface area (Å²) in [5.74, 6) is 0.850. The van der Waals surface area contributed by atoms with E-state index in [-0.39, 0.29) is 6.04 Å². The second-order valence-electron chi connectivity index (χ2n) is 6.48. The van der Waals surface area contributed by atoms with E-state index in [0.717, 1.165) is 29.2 Å². The van der Waals surface area contributed by atoms with Gasteiger partial charge in [-0.25, -0.2) is 0 Å². The molecule has 27 heavy (non-hydrogen) atoms. The number of benzene rings is 2. The zero-order valence-corrected chi connectivity index (χ0v) is 15.4. The topological polar surface area (TPSA) is 25.4 Å². The number of methoxy groups -OCH3 is 1. The molecule has 0 fully saturated rings. The number of rotatable bonds is 5. The predicted octanol–water partition coefficient (Wildman–Crippen LogP) is 5.73. The van der Waals surface area contributed by atoms with Gasteiger partial charge in [0.1, 0.15) is 5.75 Å². The van der Waals surface area contributed by atoms with E-state index in [4.69, 9.17) is 4.74 Å². The van der Waals surface area contributed by atoms with Crippen LogP contribution in [0.15, 0.2) is 85.6 Å². The molecule has 3 heteroatoms. The van der Waals surface area contributed by atoms with Crippen LogP contribution in [-0.4, -0.2) is 12.1 Å². The molecule has 2 aromatic carbocycles. The van der Waals surface area contributed by atoms with Crippen molar-refractivity contribution in [1.82, 2.24) is 4.98 Å². The highest BCUT2D eigenvalue weighted by atomic mass is 16.5. The Morgan fingerprint density at radius 1 is 1.04 bits per heavy atom. The van der Waals surface area contributed by atoms with E-state index >= 15 is 0 Å². The molecule has 0 aliphatic carbocycles. The molecule has 1 unspecified atom stereocenters. The van der Waals surface area contributed by atoms with E-state index in [0.29, 0.717) is 0 Å². The monoisotopic (exact) mass is 354 g/mol. The average molecular weight is 354 g/mol. The SMILES string of the molecule is C=CCC1c2cccnc2C=C(c2ccccc2)N1c1ccc(OC)cc1. The first-order valence-electron chi connectivity index (χ1n) is 9.08. The quantitative estimate of drug-likeness (QED) is 0.548. The van der Waals surface area contributed by atoms with E-state index in [1.54, 1.807) is 7.11 Å². The van der Waals surface area contributed by atoms with Gasteiger partial charge in [0.2, 0.25) is 0 Å². The van der Waals surface area contributed by atoms with Crippen LogP contribution in [-0.2, 0) is 0 Å². The van der Waals surface area contributed by atoms with E-state index in [9.17, 15) is 0 Å². The summed E-state index contributed by atoms with van der Waals surface area (Å²) in [4.78, 5) is 7.00. The van der Waals surface area contributed by atoms with Gasteiger partial charge in [0.15, 0.2) is 0 Å². The number of fused-ring (bicyclic) bond motifs is 1. The first-order chi connectivity index (χ1) is 13.3. The third-order valence-electron chi connectivity index (χ3n) is 4.88. The maximum absolute atomic E-state index is 5.34. The Balaban J connectivity index is 1.91. The number of nitrogens with zero attached hydrogens (tertiary/aromatic N) is 2. The first kappa shape index (κ1) is 17.1. The van der Waals surface area contributed by atoms with Crippen molar-refractivity contribution in [3.63, 3.8) is 0 Å². The number of aromatic nitrogens is 1. The summed E-state index contributed by atoms with van der Waals surface area (Å²) >= 11 is 0. The second kappa shape index (κ2) is 7.50. The minimum absolute atomic E-state index is 0.139. The minimum Gasteiger partial charge on any atom is -0.497 e. The van der Waals surface area contributed by atoms with Crippen molar-refractivity contribution < 1.29 is 4.74 Å². The molecule has 3 aromatic rings. The molecule has 0 bridgehead atoms. The molecular formula is C24H22N2O. The van der Waals surface area contributed by atoms with E-state index in [2.05, 4.69) is 65.0 Å². The summed E-state index contributed by atoms with van der Waals surface area (Å²) in [7, 11) is 1.69. The standard InChI is InChI=1S/C24H22N2O/c1-3-8-23-21-11-7-16-25-22(21)17-24(18-9-5-4-6-10-18)26(23)19-12-14-20(27-2)15-13-19/h3-7,9-17,23H,1,8H2,2H3. The van der Waals surface area contributed by atoms with Crippen LogP contribution in [0.25, 0.3) is 11.8 Å². The van der Waals surface area contributed by atoms with Gasteiger partial charge in [0.25, 0.3) is 0 Å². The minimum atomic E-state index is 0.139. The summed E-state index contributed by atoms with van der Waals surface area (Å²) in [6, 6.07) is 23.0. The molecule has 0 radical (unpaired) electrons. The highest BCUT2D eigenvalue weighted by Gasteiger charge is 2.30. The highest BCUT2D eigenvalue weighted by Crippen LogP contribution is 2.43. The third-order valence-corrected chi connectivity index (χ3v) is 4.88. The van der Waals surface area contributed by atoms with Crippen LogP contribution >= 0.6 is 0 Å². The zero-order chi connectivity index (χ0) is 18.6. The Labute approximate surface area is 160 Å². The lowest BCUT2D eigenvalue weighted by molar-refractivity contribution is 0.415. The fourth-order valence-corrected chi connectivity index (χ4v) is 3.62. The van der Waals surface area contributed by atoms with Gasteiger partial charge in [-0.3, -0.25) is 4.98 Å². The van der Waals surface area contributed by atoms with Crippen LogP contribution in [0.5, 0.6) is 5.75 Å². The number of hydrogen-bond acceptors (Lipinski definition) is 3. The Morgan fingerprint density at radius 2 is 1.81 bits per heavy atom. The molecule has 0 N–H and O–H groups in total. The van der Waals surface area contributed by atoms with Gasteiger partial charge in [0, 0.05) is 17.4 Å². The molecule has 1 aliphatic heterocycles. The van der Waals surface area contributed by atoms with E-state index in [1.165, 1.54) is 11.1 Å². The summed E-state index contributed by atoms with van der Waals surface area (Å²) in [6.45, 7) is 3.99. The van der Waals surface area contributed by atoms with Crippen LogP contribution in [0.2, 0.25) is 0 Å². The van der Waals surface area contributed by atoms with Crippen molar-refractivity contribution in [3.8, 4) is 5.75 Å². The van der Waals surface area contributed by atoms with Crippen LogP contribution in [0.4, 0.5) is 5.69 Å². The van der Waals surface area contributed by atoms with Gasteiger partial charge in [0.05, 0.1) is 24.5 Å². The molecular weight excluding hydrogens is 332 g/mol. The van der Waals surface area contributed by atoms with Crippen LogP contribution in [0, 0.1) is 0 Å². The van der Waals surface area contributed by atoms with Crippen molar-refractivity contribution in [2.45, 2.75) is 12.5 Å². The lowest BCUT2D eigenvalue weighted by Gasteiger charge is -2.39. The lowest BCUT2D eigenvalue weighted by atomic mass is 9.92. The Morgan fingerprint density at radius 3 is 2.52 bits per heavy atom. The molecule has 134 valence electrons. The van der Waals surface area contributed by atoms with Gasteiger partial charge >= 0.3 is 0 Å². The summed E-state index contributed by atoms with van der Waals surface area (Å²) in [5, 5.41) is 0. The molecule has 2 heterocycles. The molecule has 3 nitrogen and oxygen atoms in total. The van der Waals surface area contributed by atoms with Crippen LogP contribution in [0.3, 0.4) is 0 Å². The van der Waals surface area contributed by atoms with Gasteiger partial charge in [-0.05, 0) is 48.4 Å². The smallest absolute Gasteiger partial charge is 0.119 e. The summed E-state index contributed by atoms with van der Waals surface area (Å²) < 4.78 is 5.34. The molecule has 0 spiro atoms. The largest absolute Gasteiger partial charge is 0.497 e. The van der Waals surface area contributed by atoms with Gasteiger partial charge in [-0.1, -0.05) is 42.5 Å². The molecule has 1 aromatic heterocycles. The van der Waals surface area contributed by atoms with Gasteiger partial charge < -0.3 is 9.64 Å². The van der Waals surface area contributed by atoms with Crippen LogP contribution in [0.1, 0.15) is 29.3 Å². The summed E-state index contributed by atoms with van der Waals surface area (Å²) in [6.07, 6.45) is 6.83. The third kappa shape index (κ3) is 3.24. The fraction of sp³-hybridized carbons (Fsp3) is 0.125. The Kier molecular flexibility index (Phi) is 4.75. The average Bonchev–Trinajstić information content (AvgIpc) is 2.74. The number of hydrogen-bond donors (Lipinski definition) is 0. The Bertz CT molecular complexity index is 961. The number of ether oxygens (including phenoxy) is 1. The summed E-state index contributed by atoms with van der Waals surface area (Å²) in [5.41, 5.74) is 5.66. The van der Waals surface area contributed by atoms with Gasteiger partial charge in [-0.15, -0.1) is 6.58 Å². The molecule has 4 rings (SSSR count). The Hall–Kier alpha value is -3.33. The lowest BCUT2D eigenvalue weighted by Crippen LogP contribution is -2.30. The molecule has 0 amide bonds. The van der Waals surface area contributed by atoms with Crippen molar-refractivity contribution >= 4 is 17.5 Å². The first-order valence-corrected chi connectivity index (χ1v) is 9.08. The van der Waals surface area contributed by atoms with Crippen molar-refractivity contribution in [2.75, 3.05) is 12.0 Å². The van der Waals surface area contributed by atoms with Crippen molar-refractivity contribution in [3.05, 3.63) is 102 Å². The predicted molar refractivity (Wildman–Crippen MR) is 112 cm³/mol. The molecule has 0 saturated carbocycles. The van der Waals surface area contributed by atoms with Crippen LogP contribution < -0.4 is 9.64 Å². The second-order valence-corrected chi connectivity index (χ2v) is 6.48. The van der Waals surface area contributed by atoms with E-state index in [1.807, 2.05) is 36.5 Å². The normalized spacial score (nSPS) is 15.7. The number of anilines is 1.